The molecule has 7 nitrogen and oxygen atoms in total. The van der Waals surface area contributed by atoms with E-state index in [4.69, 9.17) is 14.6 Å². The summed E-state index contributed by atoms with van der Waals surface area (Å²) in [6.45, 7) is 1.70. The second-order valence-electron chi connectivity index (χ2n) is 5.69. The van der Waals surface area contributed by atoms with Gasteiger partial charge in [-0.15, -0.1) is 11.3 Å². The predicted molar refractivity (Wildman–Crippen MR) is 105 cm³/mol. The normalized spacial score (nSPS) is 14.8. The standard InChI is InChI=1S/C20H17NO6S/c1-2-26-19(24)12-21-15-5-3-4-6-16(15)27-17(20(21)25)11-14-8-7-13(28-14)9-10-18(22)23/h3-11H,2,12H2,1H3,(H,22,23)/b10-9+,17-11-. The van der Waals surface area contributed by atoms with Crippen LogP contribution < -0.4 is 9.64 Å². The van der Waals surface area contributed by atoms with Crippen molar-refractivity contribution in [1.82, 2.24) is 0 Å². The van der Waals surface area contributed by atoms with Crippen molar-refractivity contribution in [3.8, 4) is 5.75 Å². The summed E-state index contributed by atoms with van der Waals surface area (Å²) in [4.78, 5) is 38.2. The van der Waals surface area contributed by atoms with Crippen LogP contribution in [-0.2, 0) is 19.1 Å². The zero-order chi connectivity index (χ0) is 20.1. The van der Waals surface area contributed by atoms with Gasteiger partial charge in [-0.2, -0.15) is 0 Å². The number of hydrogen-bond donors (Lipinski definition) is 1. The smallest absolute Gasteiger partial charge is 0.328 e. The Morgan fingerprint density at radius 1 is 1.21 bits per heavy atom. The fraction of sp³-hybridized carbons (Fsp3) is 0.150. The van der Waals surface area contributed by atoms with E-state index in [0.29, 0.717) is 16.3 Å². The van der Waals surface area contributed by atoms with Gasteiger partial charge in [0, 0.05) is 21.9 Å². The number of carboxylic acids is 1. The largest absolute Gasteiger partial charge is 0.478 e. The van der Waals surface area contributed by atoms with Crippen LogP contribution in [0.15, 0.2) is 48.2 Å². The lowest BCUT2D eigenvalue weighted by Crippen LogP contribution is -2.41. The summed E-state index contributed by atoms with van der Waals surface area (Å²) < 4.78 is 10.7. The van der Waals surface area contributed by atoms with Gasteiger partial charge < -0.3 is 14.6 Å². The SMILES string of the molecule is CCOC(=O)CN1C(=O)/C(=C/c2ccc(/C=C/C(=O)O)s2)Oc2ccccc21. The van der Waals surface area contributed by atoms with E-state index in [0.717, 1.165) is 11.0 Å². The predicted octanol–water partition coefficient (Wildman–Crippen LogP) is 3.18. The molecule has 2 aromatic rings. The molecule has 0 unspecified atom stereocenters. The highest BCUT2D eigenvalue weighted by Gasteiger charge is 2.32. The van der Waals surface area contributed by atoms with Crippen LogP contribution in [-0.4, -0.2) is 36.1 Å². The lowest BCUT2D eigenvalue weighted by molar-refractivity contribution is -0.142. The molecule has 0 saturated heterocycles. The molecular weight excluding hydrogens is 382 g/mol. The van der Waals surface area contributed by atoms with Crippen LogP contribution in [0.5, 0.6) is 5.75 Å². The van der Waals surface area contributed by atoms with Crippen molar-refractivity contribution < 1.29 is 29.0 Å². The summed E-state index contributed by atoms with van der Waals surface area (Å²) in [6.07, 6.45) is 4.09. The van der Waals surface area contributed by atoms with Gasteiger partial charge in [0.25, 0.3) is 5.91 Å². The molecule has 1 aromatic carbocycles. The van der Waals surface area contributed by atoms with Crippen LogP contribution in [0.3, 0.4) is 0 Å². The Balaban J connectivity index is 1.90. The maximum Gasteiger partial charge on any atom is 0.328 e. The summed E-state index contributed by atoms with van der Waals surface area (Å²) in [5, 5.41) is 8.71. The first-order valence-corrected chi connectivity index (χ1v) is 9.26. The number of hydrogen-bond acceptors (Lipinski definition) is 6. The minimum absolute atomic E-state index is 0.0682. The number of anilines is 1. The molecule has 0 spiro atoms. The van der Waals surface area contributed by atoms with Crippen LogP contribution in [0, 0.1) is 0 Å². The van der Waals surface area contributed by atoms with E-state index in [1.807, 2.05) is 0 Å². The summed E-state index contributed by atoms with van der Waals surface area (Å²) in [5.74, 6) is -1.48. The van der Waals surface area contributed by atoms with Crippen molar-refractivity contribution in [3.05, 3.63) is 58.0 Å². The Kier molecular flexibility index (Phi) is 5.90. The molecule has 0 fully saturated rings. The number of benzene rings is 1. The Morgan fingerprint density at radius 3 is 2.71 bits per heavy atom. The van der Waals surface area contributed by atoms with Crippen LogP contribution >= 0.6 is 11.3 Å². The number of rotatable bonds is 6. The van der Waals surface area contributed by atoms with Gasteiger partial charge in [-0.3, -0.25) is 14.5 Å². The Labute approximate surface area is 165 Å². The van der Waals surface area contributed by atoms with Gasteiger partial charge in [0.1, 0.15) is 6.54 Å². The van der Waals surface area contributed by atoms with Crippen molar-refractivity contribution in [3.63, 3.8) is 0 Å². The fourth-order valence-corrected chi connectivity index (χ4v) is 3.42. The molecule has 0 saturated carbocycles. The molecular formula is C20H17NO6S. The van der Waals surface area contributed by atoms with E-state index in [2.05, 4.69) is 0 Å². The Bertz CT molecular complexity index is 975. The van der Waals surface area contributed by atoms with Crippen molar-refractivity contribution in [2.75, 3.05) is 18.1 Å². The van der Waals surface area contributed by atoms with Gasteiger partial charge >= 0.3 is 11.9 Å². The molecule has 8 heteroatoms. The fourth-order valence-electron chi connectivity index (χ4n) is 2.57. The maximum absolute atomic E-state index is 12.9. The highest BCUT2D eigenvalue weighted by molar-refractivity contribution is 7.13. The number of amides is 1. The summed E-state index contributed by atoms with van der Waals surface area (Å²) in [5.41, 5.74) is 0.494. The first kappa shape index (κ1) is 19.4. The van der Waals surface area contributed by atoms with E-state index in [-0.39, 0.29) is 18.9 Å². The van der Waals surface area contributed by atoms with Crippen molar-refractivity contribution >= 4 is 47.0 Å². The molecule has 1 aromatic heterocycles. The molecule has 0 bridgehead atoms. The van der Waals surface area contributed by atoms with E-state index in [9.17, 15) is 14.4 Å². The number of ether oxygens (including phenoxy) is 2. The van der Waals surface area contributed by atoms with Crippen molar-refractivity contribution in [2.45, 2.75) is 6.92 Å². The molecule has 1 aliphatic rings. The lowest BCUT2D eigenvalue weighted by Gasteiger charge is -2.29. The summed E-state index contributed by atoms with van der Waals surface area (Å²) >= 11 is 1.31. The highest BCUT2D eigenvalue weighted by Crippen LogP contribution is 2.36. The van der Waals surface area contributed by atoms with Crippen molar-refractivity contribution in [2.24, 2.45) is 0 Å². The number of fused-ring (bicyclic) bond motifs is 1. The number of thiophene rings is 1. The summed E-state index contributed by atoms with van der Waals surface area (Å²) in [7, 11) is 0. The molecule has 144 valence electrons. The topological polar surface area (TPSA) is 93.1 Å². The monoisotopic (exact) mass is 399 g/mol. The van der Waals surface area contributed by atoms with E-state index in [1.165, 1.54) is 22.3 Å². The van der Waals surface area contributed by atoms with Crippen molar-refractivity contribution in [1.29, 1.82) is 0 Å². The average Bonchev–Trinajstić information content (AvgIpc) is 3.11. The van der Waals surface area contributed by atoms with Gasteiger partial charge in [0.15, 0.2) is 11.5 Å². The van der Waals surface area contributed by atoms with Crippen LogP contribution in [0.1, 0.15) is 16.7 Å². The first-order chi connectivity index (χ1) is 13.5. The molecule has 0 aliphatic carbocycles. The summed E-state index contributed by atoms with van der Waals surface area (Å²) in [6, 6.07) is 10.4. The number of aliphatic carboxylic acids is 1. The second kappa shape index (κ2) is 8.53. The van der Waals surface area contributed by atoms with Gasteiger partial charge in [-0.25, -0.2) is 4.79 Å². The first-order valence-electron chi connectivity index (χ1n) is 8.45. The van der Waals surface area contributed by atoms with Gasteiger partial charge in [0.05, 0.1) is 12.3 Å². The molecule has 0 radical (unpaired) electrons. The number of nitrogens with zero attached hydrogens (tertiary/aromatic N) is 1. The van der Waals surface area contributed by atoms with Crippen LogP contribution in [0.2, 0.25) is 0 Å². The highest BCUT2D eigenvalue weighted by atomic mass is 32.1. The Hall–Kier alpha value is -3.39. The number of carbonyl (C=O) groups is 3. The van der Waals surface area contributed by atoms with E-state index in [1.54, 1.807) is 49.4 Å². The number of para-hydroxylation sites is 2. The van der Waals surface area contributed by atoms with E-state index < -0.39 is 17.8 Å². The molecule has 28 heavy (non-hydrogen) atoms. The third-order valence-electron chi connectivity index (χ3n) is 3.74. The van der Waals surface area contributed by atoms with E-state index >= 15 is 0 Å². The second-order valence-corrected chi connectivity index (χ2v) is 6.83. The molecule has 1 aliphatic heterocycles. The minimum Gasteiger partial charge on any atom is -0.478 e. The number of carbonyl (C=O) groups excluding carboxylic acids is 2. The zero-order valence-electron chi connectivity index (χ0n) is 15.0. The molecule has 0 atom stereocenters. The number of esters is 1. The Morgan fingerprint density at radius 2 is 1.96 bits per heavy atom. The average molecular weight is 399 g/mol. The van der Waals surface area contributed by atoms with Crippen LogP contribution in [0.4, 0.5) is 5.69 Å². The van der Waals surface area contributed by atoms with Crippen LogP contribution in [0.25, 0.3) is 12.2 Å². The third kappa shape index (κ3) is 4.47. The molecule has 2 heterocycles. The minimum atomic E-state index is -1.04. The quantitative estimate of drug-likeness (QED) is 0.592. The molecule has 1 N–H and O–H groups in total. The lowest BCUT2D eigenvalue weighted by atomic mass is 10.2. The van der Waals surface area contributed by atoms with Gasteiger partial charge in [-0.05, 0) is 37.3 Å². The molecule has 1 amide bonds. The van der Waals surface area contributed by atoms with Gasteiger partial charge in [-0.1, -0.05) is 12.1 Å². The molecule has 3 rings (SSSR count). The third-order valence-corrected chi connectivity index (χ3v) is 4.73. The number of carboxylic acid groups (broad SMARTS) is 1. The zero-order valence-corrected chi connectivity index (χ0v) is 15.8. The van der Waals surface area contributed by atoms with Gasteiger partial charge in [0.2, 0.25) is 0 Å². The maximum atomic E-state index is 12.9.